The predicted molar refractivity (Wildman–Crippen MR) is 122 cm³/mol. The van der Waals surface area contributed by atoms with Crippen molar-refractivity contribution in [3.05, 3.63) is 21.8 Å². The van der Waals surface area contributed by atoms with Crippen LogP contribution in [0.2, 0.25) is 0 Å². The molecule has 0 aliphatic carbocycles. The first kappa shape index (κ1) is 22.9. The molecule has 3 N–H and O–H groups in total. The van der Waals surface area contributed by atoms with Gasteiger partial charge in [-0.1, -0.05) is 13.8 Å². The zero-order chi connectivity index (χ0) is 19.1. The lowest BCUT2D eigenvalue weighted by Gasteiger charge is -2.18. The minimum Gasteiger partial charge on any atom is -0.478 e. The Balaban J connectivity index is 3.35. The third kappa shape index (κ3) is 6.19. The quantitative estimate of drug-likeness (QED) is 0.356. The van der Waals surface area contributed by atoms with Gasteiger partial charge in [0.15, 0.2) is 0 Å². The Morgan fingerprint density at radius 2 is 1.48 bits per heavy atom. The molecule has 1 aromatic carbocycles. The van der Waals surface area contributed by atoms with Crippen molar-refractivity contribution < 1.29 is 19.5 Å². The summed E-state index contributed by atoms with van der Waals surface area (Å²) in [5.41, 5.74) is 1.35. The SMILES string of the molecule is CCCC(=O)NCc1c(I)c(NC(=O)CCC)c(I)c(C(=O)O)c1I. The zero-order valence-electron chi connectivity index (χ0n) is 13.8. The maximum atomic E-state index is 12.0. The van der Waals surface area contributed by atoms with Gasteiger partial charge in [0.05, 0.1) is 14.8 Å². The molecule has 9 heteroatoms. The molecule has 0 atom stereocenters. The van der Waals surface area contributed by atoms with Crippen molar-refractivity contribution in [1.82, 2.24) is 5.32 Å². The number of rotatable bonds is 8. The van der Waals surface area contributed by atoms with Crippen molar-refractivity contribution in [3.63, 3.8) is 0 Å². The molecular formula is C16H19I3N2O4. The van der Waals surface area contributed by atoms with Crippen molar-refractivity contribution in [2.24, 2.45) is 0 Å². The molecule has 0 saturated heterocycles. The molecule has 0 radical (unpaired) electrons. The van der Waals surface area contributed by atoms with E-state index in [1.807, 2.05) is 59.0 Å². The van der Waals surface area contributed by atoms with Crippen molar-refractivity contribution >= 4 is 91.2 Å². The van der Waals surface area contributed by atoms with Crippen LogP contribution in [0, 0.1) is 10.7 Å². The number of anilines is 1. The number of hydrogen-bond donors (Lipinski definition) is 3. The van der Waals surface area contributed by atoms with Gasteiger partial charge < -0.3 is 15.7 Å². The number of amides is 2. The molecule has 25 heavy (non-hydrogen) atoms. The van der Waals surface area contributed by atoms with Crippen LogP contribution in [0.4, 0.5) is 5.69 Å². The van der Waals surface area contributed by atoms with Gasteiger partial charge in [-0.15, -0.1) is 0 Å². The first-order valence-electron chi connectivity index (χ1n) is 7.73. The number of carboxylic acids is 1. The molecule has 0 fully saturated rings. The average molecular weight is 684 g/mol. The number of carbonyl (C=O) groups excluding carboxylic acids is 2. The Bertz CT molecular complexity index is 693. The fourth-order valence-corrected chi connectivity index (χ4v) is 6.38. The minimum atomic E-state index is -1.06. The Morgan fingerprint density at radius 1 is 0.920 bits per heavy atom. The standard InChI is InChI=1S/C16H19I3N2O4/c1-3-5-9(22)20-7-8-12(17)11(16(24)25)14(19)15(13(8)18)21-10(23)6-4-2/h3-7H2,1-2H3,(H,20,22)(H,21,23)(H,24,25). The first-order valence-corrected chi connectivity index (χ1v) is 11.0. The number of nitrogens with one attached hydrogen (secondary N) is 2. The molecule has 6 nitrogen and oxygen atoms in total. The van der Waals surface area contributed by atoms with E-state index in [2.05, 4.69) is 33.2 Å². The van der Waals surface area contributed by atoms with Gasteiger partial charge in [0.1, 0.15) is 0 Å². The van der Waals surface area contributed by atoms with Crippen molar-refractivity contribution in [2.75, 3.05) is 5.32 Å². The molecular weight excluding hydrogens is 665 g/mol. The van der Waals surface area contributed by atoms with Crippen LogP contribution in [-0.4, -0.2) is 22.9 Å². The van der Waals surface area contributed by atoms with Gasteiger partial charge in [-0.05, 0) is 80.6 Å². The van der Waals surface area contributed by atoms with Crippen LogP contribution in [-0.2, 0) is 16.1 Å². The molecule has 1 aromatic rings. The van der Waals surface area contributed by atoms with E-state index in [0.717, 1.165) is 9.99 Å². The maximum absolute atomic E-state index is 12.0. The van der Waals surface area contributed by atoms with Gasteiger partial charge >= 0.3 is 5.97 Å². The minimum absolute atomic E-state index is 0.0823. The topological polar surface area (TPSA) is 95.5 Å². The summed E-state index contributed by atoms with van der Waals surface area (Å²) >= 11 is 6.03. The van der Waals surface area contributed by atoms with E-state index >= 15 is 0 Å². The zero-order valence-corrected chi connectivity index (χ0v) is 20.3. The van der Waals surface area contributed by atoms with Gasteiger partial charge in [-0.25, -0.2) is 4.79 Å². The second kappa shape index (κ2) is 10.8. The largest absolute Gasteiger partial charge is 0.478 e. The highest BCUT2D eigenvalue weighted by Crippen LogP contribution is 2.35. The van der Waals surface area contributed by atoms with Crippen LogP contribution in [0.5, 0.6) is 0 Å². The van der Waals surface area contributed by atoms with Crippen LogP contribution < -0.4 is 10.6 Å². The molecule has 0 aliphatic heterocycles. The summed E-state index contributed by atoms with van der Waals surface area (Å²) in [5, 5.41) is 15.2. The van der Waals surface area contributed by atoms with Crippen LogP contribution in [0.3, 0.4) is 0 Å². The van der Waals surface area contributed by atoms with Gasteiger partial charge in [-0.3, -0.25) is 9.59 Å². The highest BCUT2D eigenvalue weighted by molar-refractivity contribution is 14.1. The van der Waals surface area contributed by atoms with E-state index < -0.39 is 5.97 Å². The van der Waals surface area contributed by atoms with Crippen molar-refractivity contribution in [3.8, 4) is 0 Å². The molecule has 0 spiro atoms. The third-order valence-electron chi connectivity index (χ3n) is 3.30. The van der Waals surface area contributed by atoms with Gasteiger partial charge in [0.25, 0.3) is 0 Å². The van der Waals surface area contributed by atoms with E-state index in [1.54, 1.807) is 0 Å². The van der Waals surface area contributed by atoms with Crippen LogP contribution in [0.1, 0.15) is 55.5 Å². The second-order valence-electron chi connectivity index (χ2n) is 5.30. The van der Waals surface area contributed by atoms with Crippen LogP contribution in [0.15, 0.2) is 0 Å². The first-order chi connectivity index (χ1) is 11.7. The lowest BCUT2D eigenvalue weighted by molar-refractivity contribution is -0.121. The van der Waals surface area contributed by atoms with Crippen LogP contribution >= 0.6 is 67.8 Å². The number of halogens is 3. The Hall–Kier alpha value is -0.180. The number of carboxylic acid groups (broad SMARTS) is 1. The molecule has 0 bridgehead atoms. The summed E-state index contributed by atoms with van der Waals surface area (Å²) in [7, 11) is 0. The van der Waals surface area contributed by atoms with E-state index in [1.165, 1.54) is 0 Å². The highest BCUT2D eigenvalue weighted by Gasteiger charge is 2.25. The molecule has 0 aromatic heterocycles. The second-order valence-corrected chi connectivity index (χ2v) is 8.54. The fourth-order valence-electron chi connectivity index (χ4n) is 2.10. The van der Waals surface area contributed by atoms with Crippen molar-refractivity contribution in [2.45, 2.75) is 46.1 Å². The highest BCUT2D eigenvalue weighted by atomic mass is 127. The molecule has 138 valence electrons. The van der Waals surface area contributed by atoms with E-state index in [4.69, 9.17) is 0 Å². The normalized spacial score (nSPS) is 10.4. The van der Waals surface area contributed by atoms with E-state index in [9.17, 15) is 19.5 Å². The number of aromatic carboxylic acids is 1. The molecule has 0 saturated carbocycles. The lowest BCUT2D eigenvalue weighted by atomic mass is 10.1. The van der Waals surface area contributed by atoms with Gasteiger partial charge in [-0.2, -0.15) is 0 Å². The molecule has 0 heterocycles. The molecule has 1 rings (SSSR count). The Morgan fingerprint density at radius 3 is 2.00 bits per heavy atom. The number of hydrogen-bond acceptors (Lipinski definition) is 3. The summed E-state index contributed by atoms with van der Waals surface area (Å²) in [5.74, 6) is -1.30. The third-order valence-corrected chi connectivity index (χ3v) is 6.76. The Kier molecular flexibility index (Phi) is 9.92. The van der Waals surface area contributed by atoms with Gasteiger partial charge in [0.2, 0.25) is 11.8 Å². The summed E-state index contributed by atoms with van der Waals surface area (Å²) in [6.07, 6.45) is 2.23. The van der Waals surface area contributed by atoms with Gasteiger partial charge in [0, 0.05) is 32.1 Å². The summed E-state index contributed by atoms with van der Waals surface area (Å²) in [4.78, 5) is 35.5. The summed E-state index contributed by atoms with van der Waals surface area (Å²) in [6.45, 7) is 4.05. The lowest BCUT2D eigenvalue weighted by Crippen LogP contribution is -2.25. The predicted octanol–water partition coefficient (Wildman–Crippen LogP) is 4.35. The van der Waals surface area contributed by atoms with Crippen LogP contribution in [0.25, 0.3) is 0 Å². The van der Waals surface area contributed by atoms with Crippen molar-refractivity contribution in [1.29, 1.82) is 0 Å². The molecule has 0 unspecified atom stereocenters. The number of benzene rings is 1. The smallest absolute Gasteiger partial charge is 0.337 e. The summed E-state index contributed by atoms with van der Waals surface area (Å²) < 4.78 is 1.81. The summed E-state index contributed by atoms with van der Waals surface area (Å²) in [6, 6.07) is 0. The molecule has 0 aliphatic rings. The van der Waals surface area contributed by atoms with E-state index in [0.29, 0.717) is 37.7 Å². The average Bonchev–Trinajstić information content (AvgIpc) is 2.51. The monoisotopic (exact) mass is 684 g/mol. The molecule has 2 amide bonds. The Labute approximate surface area is 187 Å². The fraction of sp³-hybridized carbons (Fsp3) is 0.438. The van der Waals surface area contributed by atoms with E-state index in [-0.39, 0.29) is 23.9 Å². The number of carbonyl (C=O) groups is 3. The maximum Gasteiger partial charge on any atom is 0.337 e.